The van der Waals surface area contributed by atoms with Crippen LogP contribution in [-0.2, 0) is 9.53 Å². The maximum Gasteiger partial charge on any atom is 0.411 e. The third-order valence-electron chi connectivity index (χ3n) is 5.09. The van der Waals surface area contributed by atoms with Gasteiger partial charge in [0.05, 0.1) is 25.5 Å². The van der Waals surface area contributed by atoms with Crippen LogP contribution < -0.4 is 10.6 Å². The maximum absolute atomic E-state index is 12.5. The first kappa shape index (κ1) is 24.2. The van der Waals surface area contributed by atoms with Crippen molar-refractivity contribution in [3.05, 3.63) is 24.0 Å². The van der Waals surface area contributed by atoms with Gasteiger partial charge in [0.1, 0.15) is 18.2 Å². The molecule has 33 heavy (non-hydrogen) atoms. The van der Waals surface area contributed by atoms with Gasteiger partial charge in [0.15, 0.2) is 0 Å². The van der Waals surface area contributed by atoms with Crippen molar-refractivity contribution < 1.29 is 27.5 Å². The van der Waals surface area contributed by atoms with E-state index >= 15 is 0 Å². The van der Waals surface area contributed by atoms with Crippen LogP contribution in [0.1, 0.15) is 31.7 Å². The molecule has 2 unspecified atom stereocenters. The molecule has 0 aromatic carbocycles. The Labute approximate surface area is 187 Å². The fourth-order valence-electron chi connectivity index (χ4n) is 3.51. The van der Waals surface area contributed by atoms with Gasteiger partial charge in [0.25, 0.3) is 0 Å². The lowest BCUT2D eigenvalue weighted by Gasteiger charge is -2.22. The summed E-state index contributed by atoms with van der Waals surface area (Å²) in [4.78, 5) is 40.0. The normalized spacial score (nSPS) is 18.5. The number of aliphatic imine (C=N–C) groups is 2. The highest BCUT2D eigenvalue weighted by atomic mass is 19.4. The van der Waals surface area contributed by atoms with Gasteiger partial charge in [-0.2, -0.15) is 13.2 Å². The molecule has 1 aliphatic rings. The predicted molar refractivity (Wildman–Crippen MR) is 118 cm³/mol. The van der Waals surface area contributed by atoms with Gasteiger partial charge in [-0.3, -0.25) is 20.1 Å². The van der Waals surface area contributed by atoms with E-state index in [9.17, 15) is 22.8 Å². The number of hydrogen-bond acceptors (Lipinski definition) is 6. The Kier molecular flexibility index (Phi) is 7.34. The van der Waals surface area contributed by atoms with Crippen LogP contribution in [0.25, 0.3) is 11.0 Å². The third kappa shape index (κ3) is 6.30. The molecule has 2 atom stereocenters. The summed E-state index contributed by atoms with van der Waals surface area (Å²) in [5.41, 5.74) is 2.56. The zero-order valence-corrected chi connectivity index (χ0v) is 18.4. The van der Waals surface area contributed by atoms with Crippen molar-refractivity contribution in [1.29, 1.82) is 0 Å². The van der Waals surface area contributed by atoms with Crippen LogP contribution in [0.15, 0.2) is 28.4 Å². The van der Waals surface area contributed by atoms with Gasteiger partial charge in [-0.05, 0) is 24.0 Å². The summed E-state index contributed by atoms with van der Waals surface area (Å²) < 4.78 is 42.1. The molecule has 2 amide bonds. The number of halogens is 3. The van der Waals surface area contributed by atoms with E-state index in [1.165, 1.54) is 13.3 Å². The average Bonchev–Trinajstić information content (AvgIpc) is 3.18. The van der Waals surface area contributed by atoms with Crippen LogP contribution in [0.4, 0.5) is 23.7 Å². The molecule has 0 fully saturated rings. The van der Waals surface area contributed by atoms with Gasteiger partial charge >= 0.3 is 12.3 Å². The Bertz CT molecular complexity index is 1080. The fourth-order valence-corrected chi connectivity index (χ4v) is 3.51. The number of anilines is 1. The van der Waals surface area contributed by atoms with E-state index in [0.717, 1.165) is 10.9 Å². The number of carbonyl (C=O) groups excluding carboxylic acids is 2. The number of pyridine rings is 1. The largest absolute Gasteiger partial charge is 0.453 e. The van der Waals surface area contributed by atoms with E-state index in [1.54, 1.807) is 32.3 Å². The number of rotatable bonds is 6. The van der Waals surface area contributed by atoms with Crippen LogP contribution in [0.2, 0.25) is 0 Å². The molecule has 12 heteroatoms. The number of methoxy groups -OCH3 is 1. The van der Waals surface area contributed by atoms with Crippen LogP contribution in [-0.4, -0.2) is 66.3 Å². The molecule has 0 radical (unpaired) electrons. The molecule has 178 valence electrons. The van der Waals surface area contributed by atoms with Crippen LogP contribution in [0.3, 0.4) is 0 Å². The van der Waals surface area contributed by atoms with Gasteiger partial charge in [-0.1, -0.05) is 13.8 Å². The number of alkyl halides is 3. The van der Waals surface area contributed by atoms with Crippen molar-refractivity contribution in [2.24, 2.45) is 15.9 Å². The highest BCUT2D eigenvalue weighted by Gasteiger charge is 2.31. The molecule has 9 nitrogen and oxygen atoms in total. The van der Waals surface area contributed by atoms with E-state index in [2.05, 4.69) is 30.0 Å². The second kappa shape index (κ2) is 10.0. The number of nitrogens with zero attached hydrogens (tertiary/aromatic N) is 3. The van der Waals surface area contributed by atoms with E-state index in [-0.39, 0.29) is 18.4 Å². The molecule has 0 saturated heterocycles. The Morgan fingerprint density at radius 2 is 2.12 bits per heavy atom. The number of carbonyl (C=O) groups is 2. The van der Waals surface area contributed by atoms with Gasteiger partial charge in [-0.15, -0.1) is 0 Å². The van der Waals surface area contributed by atoms with E-state index in [4.69, 9.17) is 0 Å². The maximum atomic E-state index is 12.5. The number of amides is 2. The highest BCUT2D eigenvalue weighted by Crippen LogP contribution is 2.30. The summed E-state index contributed by atoms with van der Waals surface area (Å²) in [6.45, 7) is 2.33. The monoisotopic (exact) mass is 466 g/mol. The predicted octanol–water partition coefficient (Wildman–Crippen LogP) is 3.44. The molecular weight excluding hydrogens is 441 g/mol. The van der Waals surface area contributed by atoms with Crippen LogP contribution >= 0.6 is 0 Å². The molecule has 1 aliphatic heterocycles. The minimum absolute atomic E-state index is 0.188. The summed E-state index contributed by atoms with van der Waals surface area (Å²) in [7, 11) is 1.26. The molecule has 3 rings (SSSR count). The standard InChI is InChI=1S/C21H25F3N6O3/c1-11(2)17(19(31)28-10-21(22,23)24)29-13-4-12(6-25-7-13)16-9-27-18-15(16)5-14(8-26-18)30-20(32)33-3/h5-6,8-9,11-12,17H,4,7,10H2,1-3H3,(H,26,27)(H,28,31)(H,30,32). The second-order valence-electron chi connectivity index (χ2n) is 8.00. The molecule has 0 aliphatic carbocycles. The number of fused-ring (bicyclic) bond motifs is 1. The Morgan fingerprint density at radius 1 is 1.36 bits per heavy atom. The molecule has 0 saturated carbocycles. The second-order valence-corrected chi connectivity index (χ2v) is 8.00. The molecule has 2 aromatic heterocycles. The molecule has 3 N–H and O–H groups in total. The molecular formula is C21H25F3N6O3. The van der Waals surface area contributed by atoms with Crippen LogP contribution in [0.5, 0.6) is 0 Å². The first-order valence-corrected chi connectivity index (χ1v) is 10.3. The minimum Gasteiger partial charge on any atom is -0.453 e. The lowest BCUT2D eigenvalue weighted by Crippen LogP contribution is -2.42. The molecule has 2 aromatic rings. The zero-order valence-electron chi connectivity index (χ0n) is 18.4. The van der Waals surface area contributed by atoms with Crippen LogP contribution in [0, 0.1) is 5.92 Å². The minimum atomic E-state index is -4.49. The van der Waals surface area contributed by atoms with Gasteiger partial charge in [0, 0.05) is 29.4 Å². The van der Waals surface area contributed by atoms with Crippen molar-refractivity contribution in [3.8, 4) is 0 Å². The number of aromatic amines is 1. The Morgan fingerprint density at radius 3 is 2.79 bits per heavy atom. The Balaban J connectivity index is 1.81. The van der Waals surface area contributed by atoms with Gasteiger partial charge in [-0.25, -0.2) is 9.78 Å². The number of nitrogens with one attached hydrogen (secondary N) is 3. The first-order chi connectivity index (χ1) is 15.6. The smallest absolute Gasteiger partial charge is 0.411 e. The fraction of sp³-hybridized carbons (Fsp3) is 0.476. The molecule has 3 heterocycles. The summed E-state index contributed by atoms with van der Waals surface area (Å²) >= 11 is 0. The van der Waals surface area contributed by atoms with Gasteiger partial charge in [0.2, 0.25) is 5.91 Å². The van der Waals surface area contributed by atoms with Crippen molar-refractivity contribution in [3.63, 3.8) is 0 Å². The lowest BCUT2D eigenvalue weighted by molar-refractivity contribution is -0.139. The molecule has 0 bridgehead atoms. The van der Waals surface area contributed by atoms with E-state index < -0.39 is 30.8 Å². The summed E-state index contributed by atoms with van der Waals surface area (Å²) in [6, 6.07) is 0.808. The summed E-state index contributed by atoms with van der Waals surface area (Å²) in [5, 5.41) is 5.25. The zero-order chi connectivity index (χ0) is 24.2. The first-order valence-electron chi connectivity index (χ1n) is 10.3. The van der Waals surface area contributed by atoms with E-state index in [0.29, 0.717) is 23.5 Å². The SMILES string of the molecule is COC(=O)Nc1cnc2[nH]cc(C3C=NCC(=NC(C(=O)NCC(F)(F)F)C(C)C)C3)c2c1. The number of aromatic nitrogens is 2. The van der Waals surface area contributed by atoms with Crippen molar-refractivity contribution in [2.45, 2.75) is 38.4 Å². The third-order valence-corrected chi connectivity index (χ3v) is 5.09. The lowest BCUT2D eigenvalue weighted by atomic mass is 9.92. The van der Waals surface area contributed by atoms with Crippen molar-refractivity contribution in [2.75, 3.05) is 25.5 Å². The van der Waals surface area contributed by atoms with Crippen molar-refractivity contribution >= 4 is 40.6 Å². The van der Waals surface area contributed by atoms with Gasteiger partial charge < -0.3 is 15.0 Å². The number of hydrogen-bond donors (Lipinski definition) is 3. The van der Waals surface area contributed by atoms with Crippen molar-refractivity contribution in [1.82, 2.24) is 15.3 Å². The highest BCUT2D eigenvalue weighted by molar-refractivity contribution is 5.98. The number of ether oxygens (including phenoxy) is 1. The Hall–Kier alpha value is -3.44. The number of H-pyrrole nitrogens is 1. The average molecular weight is 466 g/mol. The topological polar surface area (TPSA) is 121 Å². The summed E-state index contributed by atoms with van der Waals surface area (Å²) in [5.74, 6) is -1.25. The van der Waals surface area contributed by atoms with E-state index in [1.807, 2.05) is 5.32 Å². The molecule has 0 spiro atoms. The summed E-state index contributed by atoms with van der Waals surface area (Å²) in [6.07, 6.45) is 0.390. The quantitative estimate of drug-likeness (QED) is 0.604.